The number of halogens is 3. The fourth-order valence-corrected chi connectivity index (χ4v) is 2.14. The van der Waals surface area contributed by atoms with Gasteiger partial charge in [0.25, 0.3) is 0 Å². The van der Waals surface area contributed by atoms with Crippen molar-refractivity contribution in [3.8, 4) is 0 Å². The molecule has 6 heteroatoms. The number of hydrogen-bond donors (Lipinski definition) is 1. The SMILES string of the molecule is CCNCc1sc(C(F)(F)F)nc1CC. The van der Waals surface area contributed by atoms with Crippen LogP contribution in [0.25, 0.3) is 0 Å². The maximum atomic E-state index is 12.4. The molecule has 0 atom stereocenters. The molecule has 0 spiro atoms. The van der Waals surface area contributed by atoms with Crippen molar-refractivity contribution in [2.24, 2.45) is 0 Å². The molecule has 0 saturated heterocycles. The number of aryl methyl sites for hydroxylation is 1. The van der Waals surface area contributed by atoms with Crippen molar-refractivity contribution < 1.29 is 13.2 Å². The van der Waals surface area contributed by atoms with Crippen LogP contribution in [0.15, 0.2) is 0 Å². The Morgan fingerprint density at radius 2 is 2.00 bits per heavy atom. The number of nitrogens with zero attached hydrogens (tertiary/aromatic N) is 1. The molecule has 86 valence electrons. The molecule has 0 radical (unpaired) electrons. The molecule has 2 nitrogen and oxygen atoms in total. The fourth-order valence-electron chi connectivity index (χ4n) is 1.16. The van der Waals surface area contributed by atoms with E-state index in [0.29, 0.717) is 23.5 Å². The van der Waals surface area contributed by atoms with Crippen LogP contribution in [0.1, 0.15) is 29.4 Å². The minimum Gasteiger partial charge on any atom is -0.312 e. The van der Waals surface area contributed by atoms with E-state index in [1.807, 2.05) is 13.8 Å². The van der Waals surface area contributed by atoms with Crippen molar-refractivity contribution in [1.29, 1.82) is 0 Å². The summed E-state index contributed by atoms with van der Waals surface area (Å²) in [5.41, 5.74) is 0.549. The third-order valence-electron chi connectivity index (χ3n) is 1.89. The van der Waals surface area contributed by atoms with Crippen LogP contribution < -0.4 is 5.32 Å². The zero-order chi connectivity index (χ0) is 11.5. The van der Waals surface area contributed by atoms with Gasteiger partial charge in [-0.15, -0.1) is 11.3 Å². The van der Waals surface area contributed by atoms with Crippen molar-refractivity contribution in [2.45, 2.75) is 33.0 Å². The van der Waals surface area contributed by atoms with Crippen LogP contribution in [-0.4, -0.2) is 11.5 Å². The number of nitrogens with one attached hydrogen (secondary N) is 1. The highest BCUT2D eigenvalue weighted by Crippen LogP contribution is 2.34. The highest BCUT2D eigenvalue weighted by Gasteiger charge is 2.35. The molecular formula is C9H13F3N2S. The number of rotatable bonds is 4. The smallest absolute Gasteiger partial charge is 0.312 e. The first kappa shape index (κ1) is 12.4. The minimum atomic E-state index is -4.32. The van der Waals surface area contributed by atoms with Crippen molar-refractivity contribution >= 4 is 11.3 Å². The van der Waals surface area contributed by atoms with Crippen molar-refractivity contribution in [3.05, 3.63) is 15.6 Å². The summed E-state index contributed by atoms with van der Waals surface area (Å²) in [6, 6.07) is 0. The Morgan fingerprint density at radius 3 is 2.47 bits per heavy atom. The zero-order valence-corrected chi connectivity index (χ0v) is 9.43. The van der Waals surface area contributed by atoms with E-state index in [4.69, 9.17) is 0 Å². The largest absolute Gasteiger partial charge is 0.443 e. The molecule has 1 rings (SSSR count). The van der Waals surface area contributed by atoms with E-state index in [1.165, 1.54) is 0 Å². The van der Waals surface area contributed by atoms with Gasteiger partial charge in [0.05, 0.1) is 5.69 Å². The summed E-state index contributed by atoms with van der Waals surface area (Å²) >= 11 is 0.732. The van der Waals surface area contributed by atoms with E-state index in [-0.39, 0.29) is 0 Å². The lowest BCUT2D eigenvalue weighted by Crippen LogP contribution is -2.11. The molecule has 0 amide bonds. The Balaban J connectivity index is 2.90. The topological polar surface area (TPSA) is 24.9 Å². The van der Waals surface area contributed by atoms with Crippen molar-refractivity contribution in [2.75, 3.05) is 6.54 Å². The number of alkyl halides is 3. The Hall–Kier alpha value is -0.620. The van der Waals surface area contributed by atoms with Crippen molar-refractivity contribution in [3.63, 3.8) is 0 Å². The molecule has 15 heavy (non-hydrogen) atoms. The van der Waals surface area contributed by atoms with Gasteiger partial charge in [0, 0.05) is 11.4 Å². The first-order valence-corrected chi connectivity index (χ1v) is 5.57. The number of aromatic nitrogens is 1. The van der Waals surface area contributed by atoms with Crippen LogP contribution >= 0.6 is 11.3 Å². The van der Waals surface area contributed by atoms with Gasteiger partial charge in [0.1, 0.15) is 0 Å². The Kier molecular flexibility index (Phi) is 4.10. The average Bonchev–Trinajstić information content (AvgIpc) is 2.57. The van der Waals surface area contributed by atoms with Gasteiger partial charge in [-0.3, -0.25) is 0 Å². The molecule has 1 N–H and O–H groups in total. The van der Waals surface area contributed by atoms with Crippen molar-refractivity contribution in [1.82, 2.24) is 10.3 Å². The second-order valence-electron chi connectivity index (χ2n) is 3.02. The standard InChI is InChI=1S/C9H13F3N2S/c1-3-6-7(5-13-4-2)15-8(14-6)9(10,11)12/h13H,3-5H2,1-2H3. The molecule has 1 aromatic heterocycles. The van der Waals surface area contributed by atoms with Gasteiger partial charge in [-0.2, -0.15) is 13.2 Å². The van der Waals surface area contributed by atoms with Gasteiger partial charge in [0.2, 0.25) is 0 Å². The molecule has 0 aliphatic rings. The van der Waals surface area contributed by atoms with Crippen LogP contribution in [0.5, 0.6) is 0 Å². The van der Waals surface area contributed by atoms with Gasteiger partial charge in [-0.25, -0.2) is 4.98 Å². The average molecular weight is 238 g/mol. The highest BCUT2D eigenvalue weighted by atomic mass is 32.1. The lowest BCUT2D eigenvalue weighted by Gasteiger charge is -1.99. The maximum absolute atomic E-state index is 12.4. The third-order valence-corrected chi connectivity index (χ3v) is 3.03. The molecule has 1 aromatic rings. The van der Waals surface area contributed by atoms with E-state index in [0.717, 1.165) is 17.9 Å². The lowest BCUT2D eigenvalue weighted by atomic mass is 10.3. The van der Waals surface area contributed by atoms with E-state index in [2.05, 4.69) is 10.3 Å². The summed E-state index contributed by atoms with van der Waals surface area (Å²) in [7, 11) is 0. The predicted octanol–water partition coefficient (Wildman–Crippen LogP) is 2.83. The van der Waals surface area contributed by atoms with E-state index in [1.54, 1.807) is 0 Å². The molecule has 0 bridgehead atoms. The molecule has 0 saturated carbocycles. The first-order valence-electron chi connectivity index (χ1n) is 4.75. The lowest BCUT2D eigenvalue weighted by molar-refractivity contribution is -0.137. The van der Waals surface area contributed by atoms with Crippen LogP contribution in [-0.2, 0) is 19.1 Å². The molecule has 0 unspecified atom stereocenters. The van der Waals surface area contributed by atoms with Crippen LogP contribution in [0.2, 0.25) is 0 Å². The monoisotopic (exact) mass is 238 g/mol. The molecule has 0 fully saturated rings. The summed E-state index contributed by atoms with van der Waals surface area (Å²) in [4.78, 5) is 4.29. The second-order valence-corrected chi connectivity index (χ2v) is 4.10. The summed E-state index contributed by atoms with van der Waals surface area (Å²) in [5, 5.41) is 2.26. The zero-order valence-electron chi connectivity index (χ0n) is 8.61. The van der Waals surface area contributed by atoms with Crippen LogP contribution in [0.3, 0.4) is 0 Å². The summed E-state index contributed by atoms with van der Waals surface area (Å²) in [6.45, 7) is 4.93. The summed E-state index contributed by atoms with van der Waals surface area (Å²) in [5.74, 6) is 0. The highest BCUT2D eigenvalue weighted by molar-refractivity contribution is 7.11. The molecule has 0 aromatic carbocycles. The second kappa shape index (κ2) is 4.94. The molecule has 0 aliphatic heterocycles. The maximum Gasteiger partial charge on any atom is 0.443 e. The summed E-state index contributed by atoms with van der Waals surface area (Å²) in [6.07, 6.45) is -3.79. The van der Waals surface area contributed by atoms with E-state index < -0.39 is 11.2 Å². The number of thiazole rings is 1. The predicted molar refractivity (Wildman–Crippen MR) is 53.9 cm³/mol. The van der Waals surface area contributed by atoms with E-state index >= 15 is 0 Å². The van der Waals surface area contributed by atoms with Crippen LogP contribution in [0, 0.1) is 0 Å². The van der Waals surface area contributed by atoms with Gasteiger partial charge < -0.3 is 5.32 Å². The quantitative estimate of drug-likeness (QED) is 0.872. The van der Waals surface area contributed by atoms with Gasteiger partial charge >= 0.3 is 6.18 Å². The normalized spacial score (nSPS) is 12.1. The molecular weight excluding hydrogens is 225 g/mol. The third kappa shape index (κ3) is 3.17. The minimum absolute atomic E-state index is 0.466. The Morgan fingerprint density at radius 1 is 1.33 bits per heavy atom. The first-order chi connectivity index (χ1) is 6.99. The van der Waals surface area contributed by atoms with Gasteiger partial charge in [-0.05, 0) is 13.0 Å². The van der Waals surface area contributed by atoms with E-state index in [9.17, 15) is 13.2 Å². The number of hydrogen-bond acceptors (Lipinski definition) is 3. The summed E-state index contributed by atoms with van der Waals surface area (Å²) < 4.78 is 37.1. The van der Waals surface area contributed by atoms with Gasteiger partial charge in [-0.1, -0.05) is 13.8 Å². The van der Waals surface area contributed by atoms with Gasteiger partial charge in [0.15, 0.2) is 5.01 Å². The molecule has 1 heterocycles. The molecule has 0 aliphatic carbocycles. The Bertz CT molecular complexity index is 320. The fraction of sp³-hybridized carbons (Fsp3) is 0.667. The Labute approximate surface area is 90.5 Å². The van der Waals surface area contributed by atoms with Crippen LogP contribution in [0.4, 0.5) is 13.2 Å².